The second kappa shape index (κ2) is 9.46. The standard InChI is InChI=1S/C12H26N4O2S2/c1-3-5-14-12(13-4-2)15-6-11-20(17,18)16-7-9-19-10-8-16/h3-11H2,1-2H3,(H2,13,14,15). The maximum atomic E-state index is 12.2. The average Bonchev–Trinajstić information content (AvgIpc) is 2.45. The summed E-state index contributed by atoms with van der Waals surface area (Å²) in [7, 11) is -3.14. The Hall–Kier alpha value is -0.470. The Morgan fingerprint density at radius 2 is 1.95 bits per heavy atom. The first-order chi connectivity index (χ1) is 9.60. The number of thioether (sulfide) groups is 1. The summed E-state index contributed by atoms with van der Waals surface area (Å²) >= 11 is 1.81. The number of guanidine groups is 1. The van der Waals surface area contributed by atoms with Crippen LogP contribution in [0.2, 0.25) is 0 Å². The SMILES string of the molecule is CCCN=C(NCC)NCCS(=O)(=O)N1CCSCC1. The van der Waals surface area contributed by atoms with Gasteiger partial charge in [0.15, 0.2) is 5.96 Å². The Balaban J connectivity index is 2.40. The van der Waals surface area contributed by atoms with E-state index in [1.54, 1.807) is 4.31 Å². The van der Waals surface area contributed by atoms with Gasteiger partial charge < -0.3 is 10.6 Å². The molecular weight excluding hydrogens is 296 g/mol. The van der Waals surface area contributed by atoms with Crippen molar-refractivity contribution in [3.05, 3.63) is 0 Å². The monoisotopic (exact) mass is 322 g/mol. The van der Waals surface area contributed by atoms with Gasteiger partial charge in [-0.05, 0) is 13.3 Å². The van der Waals surface area contributed by atoms with Gasteiger partial charge in [0, 0.05) is 44.2 Å². The number of aliphatic imine (C=N–C) groups is 1. The quantitative estimate of drug-likeness (QED) is 0.522. The molecule has 0 aromatic rings. The van der Waals surface area contributed by atoms with Crippen molar-refractivity contribution in [3.63, 3.8) is 0 Å². The Morgan fingerprint density at radius 1 is 1.25 bits per heavy atom. The van der Waals surface area contributed by atoms with Crippen LogP contribution in [0.15, 0.2) is 4.99 Å². The molecule has 0 aliphatic carbocycles. The maximum Gasteiger partial charge on any atom is 0.215 e. The zero-order valence-electron chi connectivity index (χ0n) is 12.4. The van der Waals surface area contributed by atoms with Gasteiger partial charge in [0.1, 0.15) is 0 Å². The minimum absolute atomic E-state index is 0.119. The lowest BCUT2D eigenvalue weighted by molar-refractivity contribution is 0.443. The molecular formula is C12H26N4O2S2. The average molecular weight is 323 g/mol. The molecule has 0 atom stereocenters. The predicted molar refractivity (Wildman–Crippen MR) is 87.0 cm³/mol. The van der Waals surface area contributed by atoms with E-state index in [1.165, 1.54) is 0 Å². The van der Waals surface area contributed by atoms with Crippen LogP contribution in [0.25, 0.3) is 0 Å². The van der Waals surface area contributed by atoms with Crippen LogP contribution in [0.1, 0.15) is 20.3 Å². The lowest BCUT2D eigenvalue weighted by Crippen LogP contribution is -2.44. The van der Waals surface area contributed by atoms with E-state index in [9.17, 15) is 8.42 Å². The van der Waals surface area contributed by atoms with Gasteiger partial charge in [0.25, 0.3) is 0 Å². The van der Waals surface area contributed by atoms with Crippen LogP contribution in [0, 0.1) is 0 Å². The number of sulfonamides is 1. The van der Waals surface area contributed by atoms with Gasteiger partial charge in [-0.3, -0.25) is 4.99 Å². The molecule has 0 aromatic heterocycles. The molecule has 2 N–H and O–H groups in total. The van der Waals surface area contributed by atoms with Crippen molar-refractivity contribution in [2.24, 2.45) is 4.99 Å². The summed E-state index contributed by atoms with van der Waals surface area (Å²) in [6.07, 6.45) is 0.973. The number of rotatable bonds is 7. The summed E-state index contributed by atoms with van der Waals surface area (Å²) in [4.78, 5) is 4.35. The van der Waals surface area contributed by atoms with Gasteiger partial charge in [0.05, 0.1) is 5.75 Å². The van der Waals surface area contributed by atoms with Crippen molar-refractivity contribution >= 4 is 27.7 Å². The van der Waals surface area contributed by atoms with Gasteiger partial charge in [-0.15, -0.1) is 0 Å². The van der Waals surface area contributed by atoms with E-state index in [2.05, 4.69) is 22.5 Å². The Labute approximate surface area is 126 Å². The molecule has 0 saturated carbocycles. The zero-order valence-corrected chi connectivity index (χ0v) is 14.0. The van der Waals surface area contributed by atoms with Crippen LogP contribution in [-0.4, -0.2) is 68.7 Å². The van der Waals surface area contributed by atoms with E-state index >= 15 is 0 Å². The van der Waals surface area contributed by atoms with Crippen molar-refractivity contribution < 1.29 is 8.42 Å². The van der Waals surface area contributed by atoms with E-state index in [0.29, 0.717) is 25.6 Å². The highest BCUT2D eigenvalue weighted by Gasteiger charge is 2.23. The van der Waals surface area contributed by atoms with Crippen molar-refractivity contribution in [1.29, 1.82) is 0 Å². The highest BCUT2D eigenvalue weighted by atomic mass is 32.2. The third kappa shape index (κ3) is 6.32. The highest BCUT2D eigenvalue weighted by Crippen LogP contribution is 2.12. The molecule has 0 spiro atoms. The normalized spacial score (nSPS) is 18.0. The molecule has 1 aliphatic heterocycles. The fraction of sp³-hybridized carbons (Fsp3) is 0.917. The first-order valence-electron chi connectivity index (χ1n) is 7.18. The molecule has 0 aromatic carbocycles. The minimum atomic E-state index is -3.14. The third-order valence-electron chi connectivity index (χ3n) is 2.85. The molecule has 0 bridgehead atoms. The van der Waals surface area contributed by atoms with Gasteiger partial charge in [0.2, 0.25) is 10.0 Å². The van der Waals surface area contributed by atoms with Crippen LogP contribution in [0.4, 0.5) is 0 Å². The maximum absolute atomic E-state index is 12.2. The molecule has 118 valence electrons. The van der Waals surface area contributed by atoms with Crippen molar-refractivity contribution in [3.8, 4) is 0 Å². The fourth-order valence-electron chi connectivity index (χ4n) is 1.82. The summed E-state index contributed by atoms with van der Waals surface area (Å²) < 4.78 is 25.9. The molecule has 0 radical (unpaired) electrons. The molecule has 20 heavy (non-hydrogen) atoms. The molecule has 1 aliphatic rings. The molecule has 1 rings (SSSR count). The molecule has 1 saturated heterocycles. The van der Waals surface area contributed by atoms with E-state index < -0.39 is 10.0 Å². The largest absolute Gasteiger partial charge is 0.357 e. The van der Waals surface area contributed by atoms with E-state index in [-0.39, 0.29) is 5.75 Å². The second-order valence-corrected chi connectivity index (χ2v) is 7.83. The van der Waals surface area contributed by atoms with Crippen LogP contribution >= 0.6 is 11.8 Å². The topological polar surface area (TPSA) is 73.8 Å². The van der Waals surface area contributed by atoms with Crippen molar-refractivity contribution in [2.45, 2.75) is 20.3 Å². The number of nitrogens with zero attached hydrogens (tertiary/aromatic N) is 2. The van der Waals surface area contributed by atoms with Crippen LogP contribution in [0.3, 0.4) is 0 Å². The number of hydrogen-bond donors (Lipinski definition) is 2. The summed E-state index contributed by atoms with van der Waals surface area (Å²) in [5.74, 6) is 2.60. The fourth-order valence-corrected chi connectivity index (χ4v) is 4.31. The predicted octanol–water partition coefficient (Wildman–Crippen LogP) is 0.330. The second-order valence-electron chi connectivity index (χ2n) is 4.51. The number of hydrogen-bond acceptors (Lipinski definition) is 4. The summed E-state index contributed by atoms with van der Waals surface area (Å²) in [6.45, 7) is 7.23. The molecule has 6 nitrogen and oxygen atoms in total. The zero-order chi connectivity index (χ0) is 14.8. The molecule has 8 heteroatoms. The van der Waals surface area contributed by atoms with Crippen molar-refractivity contribution in [2.75, 3.05) is 50.0 Å². The molecule has 0 amide bonds. The highest BCUT2D eigenvalue weighted by molar-refractivity contribution is 7.99. The lowest BCUT2D eigenvalue weighted by atomic mass is 10.5. The van der Waals surface area contributed by atoms with E-state index in [1.807, 2.05) is 18.7 Å². The van der Waals surface area contributed by atoms with Crippen LogP contribution in [0.5, 0.6) is 0 Å². The van der Waals surface area contributed by atoms with Crippen molar-refractivity contribution in [1.82, 2.24) is 14.9 Å². The lowest BCUT2D eigenvalue weighted by Gasteiger charge is -2.25. The van der Waals surface area contributed by atoms with Gasteiger partial charge in [-0.2, -0.15) is 11.8 Å². The van der Waals surface area contributed by atoms with Gasteiger partial charge >= 0.3 is 0 Å². The summed E-state index contributed by atoms with van der Waals surface area (Å²) in [5.41, 5.74) is 0. The molecule has 1 heterocycles. The minimum Gasteiger partial charge on any atom is -0.357 e. The van der Waals surface area contributed by atoms with Gasteiger partial charge in [-0.25, -0.2) is 12.7 Å². The van der Waals surface area contributed by atoms with E-state index in [4.69, 9.17) is 0 Å². The molecule has 0 unspecified atom stereocenters. The third-order valence-corrected chi connectivity index (χ3v) is 5.67. The first-order valence-corrected chi connectivity index (χ1v) is 9.94. The molecule has 1 fully saturated rings. The summed E-state index contributed by atoms with van der Waals surface area (Å²) in [6, 6.07) is 0. The Morgan fingerprint density at radius 3 is 2.55 bits per heavy atom. The number of nitrogens with one attached hydrogen (secondary N) is 2. The van der Waals surface area contributed by atoms with E-state index in [0.717, 1.165) is 31.0 Å². The smallest absolute Gasteiger partial charge is 0.215 e. The first kappa shape index (κ1) is 17.6. The Kier molecular flexibility index (Phi) is 8.32. The van der Waals surface area contributed by atoms with Gasteiger partial charge in [-0.1, -0.05) is 6.92 Å². The Bertz CT molecular complexity index is 392. The summed E-state index contributed by atoms with van der Waals surface area (Å²) in [5, 5.41) is 6.19. The van der Waals surface area contributed by atoms with Crippen LogP contribution in [-0.2, 0) is 10.0 Å². The van der Waals surface area contributed by atoms with Crippen LogP contribution < -0.4 is 10.6 Å².